The van der Waals surface area contributed by atoms with Crippen molar-refractivity contribution >= 4 is 22.7 Å². The minimum atomic E-state index is -0.0208. The third kappa shape index (κ3) is 2.90. The van der Waals surface area contributed by atoms with Crippen LogP contribution in [0.25, 0.3) is 10.4 Å². The molecule has 5 rings (SSSR count). The smallest absolute Gasteiger partial charge is 0.0541 e. The van der Waals surface area contributed by atoms with Crippen LogP contribution >= 0.6 is 11.3 Å². The second-order valence-corrected chi connectivity index (χ2v) is 10.1. The summed E-state index contributed by atoms with van der Waals surface area (Å²) in [7, 11) is 0. The minimum Gasteiger partial charge on any atom is -0.355 e. The standard InChI is InChI=1S/C28H27NS/c1-27(2,19-10-6-5-7-11-19)20-14-16-21(17-15-20)29-24-18-30-26-22-12-8-9-13-23(22)28(3,4)25(24)26/h5-18,29H,1-4H3. The monoisotopic (exact) mass is 409 g/mol. The Kier molecular flexibility index (Phi) is 4.37. The lowest BCUT2D eigenvalue weighted by Gasteiger charge is -2.26. The maximum atomic E-state index is 3.70. The first kappa shape index (κ1) is 19.1. The second-order valence-electron chi connectivity index (χ2n) is 9.22. The second kappa shape index (κ2) is 6.85. The first-order valence-electron chi connectivity index (χ1n) is 10.5. The molecule has 0 unspecified atom stereocenters. The molecule has 1 aliphatic carbocycles. The van der Waals surface area contributed by atoms with Crippen LogP contribution in [0.2, 0.25) is 0 Å². The molecular weight excluding hydrogens is 382 g/mol. The van der Waals surface area contributed by atoms with Crippen molar-refractivity contribution in [2.24, 2.45) is 0 Å². The Labute approximate surface area is 183 Å². The molecule has 1 nitrogen and oxygen atoms in total. The van der Waals surface area contributed by atoms with Crippen LogP contribution in [0.15, 0.2) is 84.2 Å². The van der Waals surface area contributed by atoms with Gasteiger partial charge in [0.15, 0.2) is 0 Å². The predicted octanol–water partition coefficient (Wildman–Crippen LogP) is 8.12. The summed E-state index contributed by atoms with van der Waals surface area (Å²) in [5.74, 6) is 0. The van der Waals surface area contributed by atoms with Gasteiger partial charge in [-0.05, 0) is 34.4 Å². The Hall–Kier alpha value is -2.84. The topological polar surface area (TPSA) is 12.0 Å². The van der Waals surface area contributed by atoms with Crippen molar-refractivity contribution in [3.63, 3.8) is 0 Å². The maximum Gasteiger partial charge on any atom is 0.0541 e. The molecule has 2 heteroatoms. The van der Waals surface area contributed by atoms with Crippen molar-refractivity contribution in [1.82, 2.24) is 0 Å². The first-order chi connectivity index (χ1) is 14.4. The van der Waals surface area contributed by atoms with Crippen LogP contribution < -0.4 is 5.32 Å². The predicted molar refractivity (Wildman–Crippen MR) is 130 cm³/mol. The molecule has 150 valence electrons. The Bertz CT molecular complexity index is 1200. The van der Waals surface area contributed by atoms with Gasteiger partial charge in [0.25, 0.3) is 0 Å². The van der Waals surface area contributed by atoms with Gasteiger partial charge in [0.2, 0.25) is 0 Å². The highest BCUT2D eigenvalue weighted by atomic mass is 32.1. The zero-order valence-corrected chi connectivity index (χ0v) is 18.8. The summed E-state index contributed by atoms with van der Waals surface area (Å²) in [4.78, 5) is 1.40. The summed E-state index contributed by atoms with van der Waals surface area (Å²) in [6.45, 7) is 9.24. The number of benzene rings is 3. The van der Waals surface area contributed by atoms with Gasteiger partial charge in [-0.1, -0.05) is 94.4 Å². The molecule has 1 heterocycles. The van der Waals surface area contributed by atoms with Gasteiger partial charge in [0.1, 0.15) is 0 Å². The summed E-state index contributed by atoms with van der Waals surface area (Å²) >= 11 is 1.85. The van der Waals surface area contributed by atoms with E-state index in [0.717, 1.165) is 5.69 Å². The van der Waals surface area contributed by atoms with Crippen molar-refractivity contribution in [2.75, 3.05) is 5.32 Å². The number of hydrogen-bond acceptors (Lipinski definition) is 2. The molecule has 0 amide bonds. The molecule has 0 atom stereocenters. The number of anilines is 2. The van der Waals surface area contributed by atoms with Gasteiger partial charge in [-0.2, -0.15) is 0 Å². The van der Waals surface area contributed by atoms with Gasteiger partial charge in [0.05, 0.1) is 5.69 Å². The van der Waals surface area contributed by atoms with E-state index in [0.29, 0.717) is 0 Å². The third-order valence-electron chi connectivity index (χ3n) is 6.64. The first-order valence-corrected chi connectivity index (χ1v) is 11.4. The fraction of sp³-hybridized carbons (Fsp3) is 0.214. The van der Waals surface area contributed by atoms with Crippen LogP contribution in [-0.4, -0.2) is 0 Å². The van der Waals surface area contributed by atoms with Crippen molar-refractivity contribution in [3.05, 3.63) is 106 Å². The lowest BCUT2D eigenvalue weighted by molar-refractivity contribution is 0.641. The van der Waals surface area contributed by atoms with Crippen molar-refractivity contribution in [2.45, 2.75) is 38.5 Å². The molecule has 3 aromatic carbocycles. The van der Waals surface area contributed by atoms with E-state index in [9.17, 15) is 0 Å². The van der Waals surface area contributed by atoms with Gasteiger partial charge >= 0.3 is 0 Å². The Balaban J connectivity index is 1.45. The van der Waals surface area contributed by atoms with Gasteiger partial charge in [0, 0.05) is 32.3 Å². The van der Waals surface area contributed by atoms with Gasteiger partial charge in [-0.25, -0.2) is 0 Å². The van der Waals surface area contributed by atoms with Gasteiger partial charge in [-0.15, -0.1) is 11.3 Å². The molecule has 4 aromatic rings. The quantitative estimate of drug-likeness (QED) is 0.359. The molecule has 1 N–H and O–H groups in total. The highest BCUT2D eigenvalue weighted by Crippen LogP contribution is 2.54. The average Bonchev–Trinajstić information content (AvgIpc) is 3.28. The van der Waals surface area contributed by atoms with Crippen LogP contribution in [-0.2, 0) is 10.8 Å². The molecular formula is C28H27NS. The SMILES string of the molecule is CC(C)(c1ccccc1)c1ccc(Nc2csc3c2C(C)(C)c2ccccc2-3)cc1. The highest BCUT2D eigenvalue weighted by molar-refractivity contribution is 7.14. The lowest BCUT2D eigenvalue weighted by atomic mass is 9.78. The average molecular weight is 410 g/mol. The zero-order chi connectivity index (χ0) is 20.9. The van der Waals surface area contributed by atoms with Crippen LogP contribution in [0.3, 0.4) is 0 Å². The van der Waals surface area contributed by atoms with E-state index < -0.39 is 0 Å². The fourth-order valence-corrected chi connectivity index (χ4v) is 5.98. The van der Waals surface area contributed by atoms with Crippen molar-refractivity contribution in [3.8, 4) is 10.4 Å². The lowest BCUT2D eigenvalue weighted by Crippen LogP contribution is -2.18. The molecule has 1 aliphatic rings. The van der Waals surface area contributed by atoms with E-state index >= 15 is 0 Å². The number of nitrogens with one attached hydrogen (secondary N) is 1. The van der Waals surface area contributed by atoms with Crippen LogP contribution in [0.4, 0.5) is 11.4 Å². The summed E-state index contributed by atoms with van der Waals surface area (Å²) in [6.07, 6.45) is 0. The molecule has 0 aliphatic heterocycles. The van der Waals surface area contributed by atoms with Gasteiger partial charge < -0.3 is 5.32 Å². The van der Waals surface area contributed by atoms with Crippen LogP contribution in [0.1, 0.15) is 49.9 Å². The highest BCUT2D eigenvalue weighted by Gasteiger charge is 2.38. The number of rotatable bonds is 4. The molecule has 1 aromatic heterocycles. The normalized spacial score (nSPS) is 14.3. The zero-order valence-electron chi connectivity index (χ0n) is 18.0. The third-order valence-corrected chi connectivity index (χ3v) is 7.66. The molecule has 0 spiro atoms. The molecule has 0 saturated carbocycles. The van der Waals surface area contributed by atoms with Crippen molar-refractivity contribution in [1.29, 1.82) is 0 Å². The van der Waals surface area contributed by atoms with E-state index in [1.54, 1.807) is 0 Å². The van der Waals surface area contributed by atoms with E-state index in [1.165, 1.54) is 38.4 Å². The maximum absolute atomic E-state index is 3.70. The van der Waals surface area contributed by atoms with E-state index in [4.69, 9.17) is 0 Å². The summed E-state index contributed by atoms with van der Waals surface area (Å²) < 4.78 is 0. The number of fused-ring (bicyclic) bond motifs is 3. The molecule has 0 radical (unpaired) electrons. The van der Waals surface area contributed by atoms with Crippen LogP contribution in [0, 0.1) is 0 Å². The Morgan fingerprint density at radius 2 is 1.40 bits per heavy atom. The molecule has 0 saturated heterocycles. The van der Waals surface area contributed by atoms with Crippen LogP contribution in [0.5, 0.6) is 0 Å². The molecule has 30 heavy (non-hydrogen) atoms. The van der Waals surface area contributed by atoms with Crippen molar-refractivity contribution < 1.29 is 0 Å². The summed E-state index contributed by atoms with van der Waals surface area (Å²) in [5, 5.41) is 5.97. The largest absolute Gasteiger partial charge is 0.355 e. The minimum absolute atomic E-state index is 0.0174. The summed E-state index contributed by atoms with van der Waals surface area (Å²) in [6, 6.07) is 28.5. The number of hydrogen-bond donors (Lipinski definition) is 1. The summed E-state index contributed by atoms with van der Waals surface area (Å²) in [5.41, 5.74) is 9.24. The van der Waals surface area contributed by atoms with E-state index in [1.807, 2.05) is 11.3 Å². The fourth-order valence-electron chi connectivity index (χ4n) is 4.78. The molecule has 0 bridgehead atoms. The number of thiophene rings is 1. The Morgan fingerprint density at radius 1 is 0.767 bits per heavy atom. The Morgan fingerprint density at radius 3 is 2.13 bits per heavy atom. The van der Waals surface area contributed by atoms with E-state index in [2.05, 4.69) is 117 Å². The van der Waals surface area contributed by atoms with Gasteiger partial charge in [-0.3, -0.25) is 0 Å². The molecule has 0 fully saturated rings. The van der Waals surface area contributed by atoms with E-state index in [-0.39, 0.29) is 10.8 Å².